The number of nitrogen functional groups attached to an aromatic ring is 1. The molecule has 0 bridgehead atoms. The molecule has 0 radical (unpaired) electrons. The van der Waals surface area contributed by atoms with Crippen molar-refractivity contribution in [1.82, 2.24) is 9.55 Å². The lowest BCUT2D eigenvalue weighted by Gasteiger charge is -2.11. The molecule has 96 valence electrons. The quantitative estimate of drug-likeness (QED) is 0.899. The van der Waals surface area contributed by atoms with Crippen LogP contribution < -0.4 is 5.73 Å². The third-order valence-electron chi connectivity index (χ3n) is 2.83. The average molecular weight is 268 g/mol. The van der Waals surface area contributed by atoms with Crippen molar-refractivity contribution in [2.24, 2.45) is 0 Å². The molecular weight excluding hydrogens is 253 g/mol. The van der Waals surface area contributed by atoms with E-state index in [1.54, 1.807) is 12.1 Å². The topological polar surface area (TPSA) is 43.8 Å². The fourth-order valence-corrected chi connectivity index (χ4v) is 2.25. The number of rotatable bonds is 2. The summed E-state index contributed by atoms with van der Waals surface area (Å²) in [6, 6.07) is 4.71. The van der Waals surface area contributed by atoms with E-state index in [0.717, 1.165) is 11.4 Å². The Morgan fingerprint density at radius 3 is 2.56 bits per heavy atom. The Balaban J connectivity index is 2.58. The summed E-state index contributed by atoms with van der Waals surface area (Å²) in [6.45, 7) is 5.96. The first kappa shape index (κ1) is 12.9. The normalized spacial score (nSPS) is 11.2. The van der Waals surface area contributed by atoms with Crippen molar-refractivity contribution in [3.63, 3.8) is 0 Å². The second-order valence-corrected chi connectivity index (χ2v) is 4.89. The molecule has 18 heavy (non-hydrogen) atoms. The Bertz CT molecular complexity index is 590. The van der Waals surface area contributed by atoms with Crippen LogP contribution in [0, 0.1) is 12.7 Å². The Morgan fingerprint density at radius 1 is 1.39 bits per heavy atom. The first-order valence-corrected chi connectivity index (χ1v) is 6.09. The predicted molar refractivity (Wildman–Crippen MR) is 72.2 cm³/mol. The zero-order valence-corrected chi connectivity index (χ0v) is 11.3. The molecule has 2 aromatic rings. The molecule has 1 aromatic heterocycles. The SMILES string of the molecule is Cc1nc(-c2ccc(F)c(Cl)c2)c(N)n1C(C)C. The van der Waals surface area contributed by atoms with Crippen molar-refractivity contribution >= 4 is 17.4 Å². The smallest absolute Gasteiger partial charge is 0.141 e. The maximum absolute atomic E-state index is 13.1. The number of hydrogen-bond donors (Lipinski definition) is 1. The van der Waals surface area contributed by atoms with Gasteiger partial charge in [-0.15, -0.1) is 0 Å². The summed E-state index contributed by atoms with van der Waals surface area (Å²) in [6.07, 6.45) is 0. The Hall–Kier alpha value is -1.55. The first-order chi connectivity index (χ1) is 8.41. The van der Waals surface area contributed by atoms with Crippen molar-refractivity contribution < 1.29 is 4.39 Å². The Morgan fingerprint density at radius 2 is 2.06 bits per heavy atom. The van der Waals surface area contributed by atoms with E-state index in [4.69, 9.17) is 17.3 Å². The molecule has 5 heteroatoms. The maximum Gasteiger partial charge on any atom is 0.141 e. The zero-order chi connectivity index (χ0) is 13.4. The summed E-state index contributed by atoms with van der Waals surface area (Å²) in [7, 11) is 0. The minimum Gasteiger partial charge on any atom is -0.383 e. The van der Waals surface area contributed by atoms with E-state index in [0.29, 0.717) is 11.5 Å². The number of hydrogen-bond acceptors (Lipinski definition) is 2. The first-order valence-electron chi connectivity index (χ1n) is 5.71. The summed E-state index contributed by atoms with van der Waals surface area (Å²) in [5.41, 5.74) is 7.45. The molecule has 0 spiro atoms. The highest BCUT2D eigenvalue weighted by molar-refractivity contribution is 6.31. The van der Waals surface area contributed by atoms with Crippen molar-refractivity contribution in [3.8, 4) is 11.3 Å². The van der Waals surface area contributed by atoms with Crippen LogP contribution in [0.1, 0.15) is 25.7 Å². The van der Waals surface area contributed by atoms with Gasteiger partial charge in [0.2, 0.25) is 0 Å². The molecule has 2 rings (SSSR count). The molecule has 2 N–H and O–H groups in total. The van der Waals surface area contributed by atoms with Gasteiger partial charge in [-0.1, -0.05) is 11.6 Å². The van der Waals surface area contributed by atoms with Crippen LogP contribution >= 0.6 is 11.6 Å². The van der Waals surface area contributed by atoms with Gasteiger partial charge >= 0.3 is 0 Å². The van der Waals surface area contributed by atoms with Crippen LogP contribution in [0.5, 0.6) is 0 Å². The monoisotopic (exact) mass is 267 g/mol. The van der Waals surface area contributed by atoms with Gasteiger partial charge in [-0.3, -0.25) is 0 Å². The molecule has 0 aliphatic carbocycles. The van der Waals surface area contributed by atoms with Gasteiger partial charge in [0.1, 0.15) is 23.2 Å². The van der Waals surface area contributed by atoms with Gasteiger partial charge in [0.05, 0.1) is 5.02 Å². The van der Waals surface area contributed by atoms with Crippen LogP contribution in [0.2, 0.25) is 5.02 Å². The number of nitrogens with zero attached hydrogens (tertiary/aromatic N) is 2. The number of aromatic nitrogens is 2. The van der Waals surface area contributed by atoms with Gasteiger partial charge in [-0.2, -0.15) is 0 Å². The second kappa shape index (κ2) is 4.61. The summed E-state index contributed by atoms with van der Waals surface area (Å²) >= 11 is 5.77. The van der Waals surface area contributed by atoms with E-state index in [1.165, 1.54) is 6.07 Å². The summed E-state index contributed by atoms with van der Waals surface area (Å²) < 4.78 is 15.1. The molecule has 1 heterocycles. The van der Waals surface area contributed by atoms with E-state index < -0.39 is 5.82 Å². The second-order valence-electron chi connectivity index (χ2n) is 4.49. The van der Waals surface area contributed by atoms with Crippen LogP contribution in [0.15, 0.2) is 18.2 Å². The van der Waals surface area contributed by atoms with E-state index in [9.17, 15) is 4.39 Å². The number of aryl methyl sites for hydroxylation is 1. The Kier molecular flexibility index (Phi) is 3.30. The number of nitrogens with two attached hydrogens (primary N) is 1. The zero-order valence-electron chi connectivity index (χ0n) is 10.5. The molecule has 0 saturated carbocycles. The molecule has 0 amide bonds. The van der Waals surface area contributed by atoms with E-state index in [-0.39, 0.29) is 11.1 Å². The molecule has 0 aliphatic rings. The third-order valence-corrected chi connectivity index (χ3v) is 3.12. The molecule has 0 fully saturated rings. The van der Waals surface area contributed by atoms with Gasteiger partial charge in [-0.25, -0.2) is 9.37 Å². The predicted octanol–water partition coefficient (Wildman–Crippen LogP) is 3.81. The van der Waals surface area contributed by atoms with Crippen LogP contribution in [0.4, 0.5) is 10.2 Å². The van der Waals surface area contributed by atoms with Gasteiger partial charge < -0.3 is 10.3 Å². The van der Waals surface area contributed by atoms with Crippen molar-refractivity contribution in [3.05, 3.63) is 34.9 Å². The highest BCUT2D eigenvalue weighted by Crippen LogP contribution is 2.30. The molecular formula is C13H15ClFN3. The van der Waals surface area contributed by atoms with E-state index >= 15 is 0 Å². The lowest BCUT2D eigenvalue weighted by atomic mass is 10.1. The number of halogens is 2. The van der Waals surface area contributed by atoms with Gasteiger partial charge in [0, 0.05) is 11.6 Å². The van der Waals surface area contributed by atoms with Crippen molar-refractivity contribution in [2.75, 3.05) is 5.73 Å². The summed E-state index contributed by atoms with van der Waals surface area (Å²) in [4.78, 5) is 4.43. The average Bonchev–Trinajstić information content (AvgIpc) is 2.58. The lowest BCUT2D eigenvalue weighted by molar-refractivity contribution is 0.590. The van der Waals surface area contributed by atoms with Crippen molar-refractivity contribution in [2.45, 2.75) is 26.8 Å². The minimum atomic E-state index is -0.445. The molecule has 0 atom stereocenters. The lowest BCUT2D eigenvalue weighted by Crippen LogP contribution is -2.07. The summed E-state index contributed by atoms with van der Waals surface area (Å²) in [5.74, 6) is 0.960. The Labute approximate surface area is 110 Å². The molecule has 0 saturated heterocycles. The molecule has 3 nitrogen and oxygen atoms in total. The fraction of sp³-hybridized carbons (Fsp3) is 0.308. The maximum atomic E-state index is 13.1. The highest BCUT2D eigenvalue weighted by Gasteiger charge is 2.16. The number of benzene rings is 1. The van der Waals surface area contributed by atoms with Crippen LogP contribution in [-0.4, -0.2) is 9.55 Å². The molecule has 0 aliphatic heterocycles. The fourth-order valence-electron chi connectivity index (χ4n) is 2.07. The summed E-state index contributed by atoms with van der Waals surface area (Å²) in [5, 5.41) is 0.0728. The van der Waals surface area contributed by atoms with Gasteiger partial charge in [0.15, 0.2) is 0 Å². The van der Waals surface area contributed by atoms with E-state index in [2.05, 4.69) is 4.98 Å². The van der Waals surface area contributed by atoms with Crippen LogP contribution in [-0.2, 0) is 0 Å². The standard InChI is InChI=1S/C13H15ClFN3/c1-7(2)18-8(3)17-12(13(18)16)9-4-5-11(15)10(14)6-9/h4-7H,16H2,1-3H3. The van der Waals surface area contributed by atoms with Gasteiger partial charge in [-0.05, 0) is 39.0 Å². The number of imidazole rings is 1. The van der Waals surface area contributed by atoms with Crippen LogP contribution in [0.25, 0.3) is 11.3 Å². The van der Waals surface area contributed by atoms with Crippen LogP contribution in [0.3, 0.4) is 0 Å². The molecule has 0 unspecified atom stereocenters. The van der Waals surface area contributed by atoms with Gasteiger partial charge in [0.25, 0.3) is 0 Å². The minimum absolute atomic E-state index is 0.0728. The van der Waals surface area contributed by atoms with Crippen molar-refractivity contribution in [1.29, 1.82) is 0 Å². The van der Waals surface area contributed by atoms with E-state index in [1.807, 2.05) is 25.3 Å². The third kappa shape index (κ3) is 2.08. The molecule has 1 aromatic carbocycles. The highest BCUT2D eigenvalue weighted by atomic mass is 35.5. The number of anilines is 1. The largest absolute Gasteiger partial charge is 0.383 e.